The van der Waals surface area contributed by atoms with Crippen LogP contribution in [0.15, 0.2) is 46.9 Å². The summed E-state index contributed by atoms with van der Waals surface area (Å²) in [7, 11) is 1.77. The summed E-state index contributed by atoms with van der Waals surface area (Å²) < 4.78 is 1.02. The maximum atomic E-state index is 12.2. The molecule has 0 fully saturated rings. The number of carbonyl (C=O) groups excluding carboxylic acids is 1. The van der Waals surface area contributed by atoms with E-state index in [1.807, 2.05) is 37.3 Å². The van der Waals surface area contributed by atoms with Gasteiger partial charge in [-0.1, -0.05) is 34.1 Å². The van der Waals surface area contributed by atoms with E-state index in [1.54, 1.807) is 19.2 Å². The van der Waals surface area contributed by atoms with Gasteiger partial charge in [0.1, 0.15) is 11.5 Å². The molecule has 0 saturated carbocycles. The van der Waals surface area contributed by atoms with Gasteiger partial charge in [0.15, 0.2) is 0 Å². The lowest BCUT2D eigenvalue weighted by atomic mass is 10.1. The Morgan fingerprint density at radius 2 is 1.90 bits per heavy atom. The van der Waals surface area contributed by atoms with E-state index in [2.05, 4.69) is 31.5 Å². The van der Waals surface area contributed by atoms with Gasteiger partial charge < -0.3 is 10.6 Å². The molecule has 0 aliphatic heterocycles. The SMILES string of the molecule is CNc1cccc(C(=O)NC(C)c2ccc(Br)cc2)n1. The maximum absolute atomic E-state index is 12.2. The zero-order valence-corrected chi connectivity index (χ0v) is 12.9. The van der Waals surface area contributed by atoms with E-state index in [4.69, 9.17) is 0 Å². The zero-order chi connectivity index (χ0) is 14.5. The number of nitrogens with one attached hydrogen (secondary N) is 2. The highest BCUT2D eigenvalue weighted by Gasteiger charge is 2.12. The van der Waals surface area contributed by atoms with Gasteiger partial charge in [-0.05, 0) is 36.8 Å². The zero-order valence-electron chi connectivity index (χ0n) is 11.4. The highest BCUT2D eigenvalue weighted by Crippen LogP contribution is 2.17. The van der Waals surface area contributed by atoms with E-state index >= 15 is 0 Å². The van der Waals surface area contributed by atoms with Gasteiger partial charge in [0.25, 0.3) is 5.91 Å². The van der Waals surface area contributed by atoms with E-state index in [9.17, 15) is 4.79 Å². The molecule has 1 amide bonds. The first-order valence-corrected chi connectivity index (χ1v) is 7.10. The normalized spacial score (nSPS) is 11.8. The van der Waals surface area contributed by atoms with Gasteiger partial charge in [0.2, 0.25) is 0 Å². The van der Waals surface area contributed by atoms with Gasteiger partial charge in [-0.3, -0.25) is 4.79 Å². The summed E-state index contributed by atoms with van der Waals surface area (Å²) in [6.45, 7) is 1.95. The van der Waals surface area contributed by atoms with Crippen LogP contribution in [-0.4, -0.2) is 17.9 Å². The molecule has 0 spiro atoms. The minimum atomic E-state index is -0.183. The molecule has 2 N–H and O–H groups in total. The number of pyridine rings is 1. The average molecular weight is 334 g/mol. The van der Waals surface area contributed by atoms with Gasteiger partial charge in [0.05, 0.1) is 6.04 Å². The quantitative estimate of drug-likeness (QED) is 0.901. The van der Waals surface area contributed by atoms with E-state index in [0.717, 1.165) is 10.0 Å². The third kappa shape index (κ3) is 3.57. The molecule has 20 heavy (non-hydrogen) atoms. The molecule has 1 aromatic heterocycles. The van der Waals surface area contributed by atoms with Crippen LogP contribution >= 0.6 is 15.9 Å². The number of nitrogens with zero attached hydrogens (tertiary/aromatic N) is 1. The van der Waals surface area contributed by atoms with Crippen molar-refractivity contribution in [1.29, 1.82) is 0 Å². The van der Waals surface area contributed by atoms with Crippen LogP contribution in [0.1, 0.15) is 29.0 Å². The summed E-state index contributed by atoms with van der Waals surface area (Å²) in [5.74, 6) is 0.492. The fourth-order valence-corrected chi connectivity index (χ4v) is 2.07. The number of aromatic nitrogens is 1. The Balaban J connectivity index is 2.08. The highest BCUT2D eigenvalue weighted by atomic mass is 79.9. The van der Waals surface area contributed by atoms with Crippen molar-refractivity contribution < 1.29 is 4.79 Å². The Morgan fingerprint density at radius 3 is 2.55 bits per heavy atom. The molecule has 0 aliphatic carbocycles. The molecule has 104 valence electrons. The van der Waals surface area contributed by atoms with Gasteiger partial charge in [-0.15, -0.1) is 0 Å². The largest absolute Gasteiger partial charge is 0.373 e. The van der Waals surface area contributed by atoms with Crippen LogP contribution in [0.4, 0.5) is 5.82 Å². The fraction of sp³-hybridized carbons (Fsp3) is 0.200. The lowest BCUT2D eigenvalue weighted by Crippen LogP contribution is -2.27. The second-order valence-corrected chi connectivity index (χ2v) is 5.32. The standard InChI is InChI=1S/C15H16BrN3O/c1-10(11-6-8-12(16)9-7-11)18-15(20)13-4-3-5-14(17-2)19-13/h3-10H,1-2H3,(H,17,19)(H,18,20). The van der Waals surface area contributed by atoms with Crippen molar-refractivity contribution in [2.75, 3.05) is 12.4 Å². The smallest absolute Gasteiger partial charge is 0.270 e. The molecule has 2 rings (SSSR count). The Bertz CT molecular complexity index is 598. The summed E-state index contributed by atoms with van der Waals surface area (Å²) in [4.78, 5) is 16.4. The Kier molecular flexibility index (Phi) is 4.74. The molecule has 0 bridgehead atoms. The summed E-state index contributed by atoms with van der Waals surface area (Å²) in [6.07, 6.45) is 0. The molecule has 1 heterocycles. The fourth-order valence-electron chi connectivity index (χ4n) is 1.81. The lowest BCUT2D eigenvalue weighted by molar-refractivity contribution is 0.0935. The number of anilines is 1. The van der Waals surface area contributed by atoms with Crippen LogP contribution in [0.2, 0.25) is 0 Å². The molecular formula is C15H16BrN3O. The van der Waals surface area contributed by atoms with E-state index < -0.39 is 0 Å². The number of rotatable bonds is 4. The van der Waals surface area contributed by atoms with Gasteiger partial charge in [0, 0.05) is 11.5 Å². The van der Waals surface area contributed by atoms with Gasteiger partial charge >= 0.3 is 0 Å². The average Bonchev–Trinajstić information content (AvgIpc) is 2.47. The summed E-state index contributed by atoms with van der Waals surface area (Å²) in [5, 5.41) is 5.86. The lowest BCUT2D eigenvalue weighted by Gasteiger charge is -2.14. The maximum Gasteiger partial charge on any atom is 0.270 e. The van der Waals surface area contributed by atoms with Crippen molar-refractivity contribution in [2.45, 2.75) is 13.0 Å². The minimum Gasteiger partial charge on any atom is -0.373 e. The van der Waals surface area contributed by atoms with Crippen molar-refractivity contribution in [3.63, 3.8) is 0 Å². The molecule has 0 radical (unpaired) electrons. The van der Waals surface area contributed by atoms with E-state index in [1.165, 1.54) is 0 Å². The van der Waals surface area contributed by atoms with Crippen molar-refractivity contribution in [2.24, 2.45) is 0 Å². The van der Waals surface area contributed by atoms with Gasteiger partial charge in [-0.2, -0.15) is 0 Å². The summed E-state index contributed by atoms with van der Waals surface area (Å²) >= 11 is 3.39. The van der Waals surface area contributed by atoms with Crippen LogP contribution < -0.4 is 10.6 Å². The molecule has 1 atom stereocenters. The predicted molar refractivity (Wildman–Crippen MR) is 83.8 cm³/mol. The number of carbonyl (C=O) groups is 1. The number of hydrogen-bond acceptors (Lipinski definition) is 3. The molecule has 0 saturated heterocycles. The van der Waals surface area contributed by atoms with Crippen molar-refractivity contribution in [3.8, 4) is 0 Å². The summed E-state index contributed by atoms with van der Waals surface area (Å²) in [6, 6.07) is 13.1. The number of halogens is 1. The van der Waals surface area contributed by atoms with Crippen LogP contribution in [0.25, 0.3) is 0 Å². The Hall–Kier alpha value is -1.88. The first-order valence-electron chi connectivity index (χ1n) is 6.31. The van der Waals surface area contributed by atoms with E-state index in [-0.39, 0.29) is 11.9 Å². The number of benzene rings is 1. The van der Waals surface area contributed by atoms with Crippen LogP contribution in [0.5, 0.6) is 0 Å². The second-order valence-electron chi connectivity index (χ2n) is 4.40. The van der Waals surface area contributed by atoms with Crippen molar-refractivity contribution in [1.82, 2.24) is 10.3 Å². The molecule has 1 unspecified atom stereocenters. The Labute approximate surface area is 126 Å². The third-order valence-electron chi connectivity index (χ3n) is 2.96. The third-order valence-corrected chi connectivity index (χ3v) is 3.48. The van der Waals surface area contributed by atoms with Crippen LogP contribution in [-0.2, 0) is 0 Å². The van der Waals surface area contributed by atoms with Crippen LogP contribution in [0, 0.1) is 0 Å². The summed E-state index contributed by atoms with van der Waals surface area (Å²) in [5.41, 5.74) is 1.45. The van der Waals surface area contributed by atoms with Gasteiger partial charge in [-0.25, -0.2) is 4.98 Å². The van der Waals surface area contributed by atoms with Crippen molar-refractivity contribution in [3.05, 3.63) is 58.2 Å². The molecular weight excluding hydrogens is 318 g/mol. The molecule has 2 aromatic rings. The predicted octanol–water partition coefficient (Wildman–Crippen LogP) is 3.38. The molecule has 5 heteroatoms. The first kappa shape index (κ1) is 14.5. The second kappa shape index (κ2) is 6.52. The molecule has 0 aliphatic rings. The Morgan fingerprint density at radius 1 is 1.20 bits per heavy atom. The monoisotopic (exact) mass is 333 g/mol. The van der Waals surface area contributed by atoms with Crippen LogP contribution in [0.3, 0.4) is 0 Å². The number of hydrogen-bond donors (Lipinski definition) is 2. The molecule has 4 nitrogen and oxygen atoms in total. The number of amides is 1. The van der Waals surface area contributed by atoms with Crippen molar-refractivity contribution >= 4 is 27.7 Å². The molecule has 1 aromatic carbocycles. The van der Waals surface area contributed by atoms with E-state index in [0.29, 0.717) is 11.5 Å². The topological polar surface area (TPSA) is 54.0 Å². The highest BCUT2D eigenvalue weighted by molar-refractivity contribution is 9.10. The minimum absolute atomic E-state index is 0.0735. The first-order chi connectivity index (χ1) is 9.60.